The molecule has 0 heterocycles. The summed E-state index contributed by atoms with van der Waals surface area (Å²) in [7, 11) is -2.30. The number of carbonyl (C=O) groups is 1. The van der Waals surface area contributed by atoms with Gasteiger partial charge in [-0.1, -0.05) is 20.8 Å². The number of nitrogens with zero attached hydrogens (tertiary/aromatic N) is 1. The Bertz CT molecular complexity index is 707. The highest BCUT2D eigenvalue weighted by atomic mass is 28.4. The second-order valence-electron chi connectivity index (χ2n) is 9.58. The third-order valence-electron chi connectivity index (χ3n) is 4.92. The van der Waals surface area contributed by atoms with Crippen LogP contribution in [0.3, 0.4) is 0 Å². The van der Waals surface area contributed by atoms with E-state index in [1.165, 1.54) is 12.1 Å². The number of aliphatic hydroxyl groups is 1. The summed E-state index contributed by atoms with van der Waals surface area (Å²) in [6.45, 7) is 15.3. The van der Waals surface area contributed by atoms with Gasteiger partial charge in [-0.05, 0) is 56.6 Å². The first-order valence-corrected chi connectivity index (χ1v) is 12.5. The van der Waals surface area contributed by atoms with Gasteiger partial charge in [0.15, 0.2) is 8.32 Å². The highest BCUT2D eigenvalue weighted by molar-refractivity contribution is 6.74. The average molecular weight is 427 g/mol. The SMILES string of the molecule is CC(C)(C)OC(=O)N[C@H](CO)[C@H](O[Si](C)(C)C(C)(C)C)c1ccc([N+](=O)[O-])cc1. The summed E-state index contributed by atoms with van der Waals surface area (Å²) in [6.07, 6.45) is -1.35. The van der Waals surface area contributed by atoms with E-state index in [1.807, 2.05) is 0 Å². The number of nitro groups is 1. The van der Waals surface area contributed by atoms with E-state index in [0.29, 0.717) is 5.56 Å². The van der Waals surface area contributed by atoms with Gasteiger partial charge in [0, 0.05) is 12.1 Å². The summed E-state index contributed by atoms with van der Waals surface area (Å²) in [5.74, 6) is 0. The molecule has 1 aromatic rings. The largest absolute Gasteiger partial charge is 0.444 e. The van der Waals surface area contributed by atoms with Crippen molar-refractivity contribution in [3.8, 4) is 0 Å². The predicted octanol–water partition coefficient (Wildman–Crippen LogP) is 4.54. The number of ether oxygens (including phenoxy) is 1. The molecule has 1 amide bonds. The Labute approximate surface area is 173 Å². The lowest BCUT2D eigenvalue weighted by Crippen LogP contribution is -2.50. The van der Waals surface area contributed by atoms with E-state index >= 15 is 0 Å². The summed E-state index contributed by atoms with van der Waals surface area (Å²) in [5.41, 5.74) is -0.0937. The fourth-order valence-electron chi connectivity index (χ4n) is 2.34. The van der Waals surface area contributed by atoms with Gasteiger partial charge in [-0.25, -0.2) is 4.79 Å². The second kappa shape index (κ2) is 9.23. The van der Waals surface area contributed by atoms with Crippen LogP contribution in [0.2, 0.25) is 18.1 Å². The van der Waals surface area contributed by atoms with Crippen LogP contribution < -0.4 is 5.32 Å². The highest BCUT2D eigenvalue weighted by Gasteiger charge is 2.41. The van der Waals surface area contributed by atoms with Gasteiger partial charge >= 0.3 is 6.09 Å². The Kier molecular flexibility index (Phi) is 7.98. The van der Waals surface area contributed by atoms with Crippen LogP contribution in [-0.2, 0) is 9.16 Å². The van der Waals surface area contributed by atoms with Gasteiger partial charge in [-0.15, -0.1) is 0 Å². The topological polar surface area (TPSA) is 111 Å². The summed E-state index contributed by atoms with van der Waals surface area (Å²) in [5, 5.41) is 23.6. The molecule has 0 saturated heterocycles. The van der Waals surface area contributed by atoms with Crippen molar-refractivity contribution in [1.29, 1.82) is 0 Å². The Morgan fingerprint density at radius 2 is 1.69 bits per heavy atom. The van der Waals surface area contributed by atoms with E-state index in [9.17, 15) is 20.0 Å². The standard InChI is InChI=1S/C20H34N2O6Si/c1-19(2,3)27-18(24)21-16(13-23)17(28-29(7,8)20(4,5)6)14-9-11-15(12-10-14)22(25)26/h9-12,16-17,23H,13H2,1-8H3,(H,21,24)/t16-,17-/m1/s1. The lowest BCUT2D eigenvalue weighted by atomic mass is 10.0. The maximum Gasteiger partial charge on any atom is 0.408 e. The van der Waals surface area contributed by atoms with Crippen molar-refractivity contribution >= 4 is 20.1 Å². The first-order valence-electron chi connectivity index (χ1n) is 9.60. The van der Waals surface area contributed by atoms with Crippen molar-refractivity contribution in [3.63, 3.8) is 0 Å². The van der Waals surface area contributed by atoms with Crippen molar-refractivity contribution in [2.75, 3.05) is 6.61 Å². The van der Waals surface area contributed by atoms with Gasteiger partial charge in [0.1, 0.15) is 5.60 Å². The molecule has 0 spiro atoms. The molecule has 0 fully saturated rings. The van der Waals surface area contributed by atoms with E-state index in [4.69, 9.17) is 9.16 Å². The molecule has 0 unspecified atom stereocenters. The van der Waals surface area contributed by atoms with Crippen molar-refractivity contribution in [2.45, 2.75) is 77.4 Å². The van der Waals surface area contributed by atoms with Crippen LogP contribution in [0.4, 0.5) is 10.5 Å². The van der Waals surface area contributed by atoms with E-state index in [2.05, 4.69) is 39.2 Å². The molecular weight excluding hydrogens is 392 g/mol. The van der Waals surface area contributed by atoms with Gasteiger partial charge < -0.3 is 19.6 Å². The number of rotatable bonds is 7. The number of amides is 1. The molecule has 164 valence electrons. The highest BCUT2D eigenvalue weighted by Crippen LogP contribution is 2.40. The zero-order chi connectivity index (χ0) is 22.6. The lowest BCUT2D eigenvalue weighted by molar-refractivity contribution is -0.384. The molecule has 29 heavy (non-hydrogen) atoms. The minimum atomic E-state index is -2.30. The summed E-state index contributed by atoms with van der Waals surface area (Å²) in [6, 6.07) is 5.18. The fourth-order valence-corrected chi connectivity index (χ4v) is 3.63. The van der Waals surface area contributed by atoms with Crippen molar-refractivity contribution in [3.05, 3.63) is 39.9 Å². The molecule has 1 rings (SSSR count). The Balaban J connectivity index is 3.26. The number of nitro benzene ring substituents is 1. The van der Waals surface area contributed by atoms with Crippen molar-refractivity contribution in [2.24, 2.45) is 0 Å². The average Bonchev–Trinajstić information content (AvgIpc) is 2.55. The molecule has 0 bridgehead atoms. The van der Waals surface area contributed by atoms with Gasteiger partial charge in [-0.3, -0.25) is 10.1 Å². The van der Waals surface area contributed by atoms with Gasteiger partial charge in [-0.2, -0.15) is 0 Å². The molecule has 2 N–H and O–H groups in total. The zero-order valence-corrected chi connectivity index (χ0v) is 19.6. The first-order chi connectivity index (χ1) is 13.1. The number of non-ortho nitro benzene ring substituents is 1. The zero-order valence-electron chi connectivity index (χ0n) is 18.6. The molecule has 0 radical (unpaired) electrons. The third kappa shape index (κ3) is 7.41. The number of hydrogen-bond acceptors (Lipinski definition) is 6. The van der Waals surface area contributed by atoms with Crippen LogP contribution in [0.1, 0.15) is 53.2 Å². The maximum atomic E-state index is 12.3. The van der Waals surface area contributed by atoms with Gasteiger partial charge in [0.2, 0.25) is 0 Å². The van der Waals surface area contributed by atoms with Crippen molar-refractivity contribution in [1.82, 2.24) is 5.32 Å². The van der Waals surface area contributed by atoms with Crippen LogP contribution in [0.15, 0.2) is 24.3 Å². The predicted molar refractivity (Wildman–Crippen MR) is 114 cm³/mol. The molecule has 0 aliphatic carbocycles. The Morgan fingerprint density at radius 1 is 1.17 bits per heavy atom. The molecule has 1 aromatic carbocycles. The van der Waals surface area contributed by atoms with Crippen LogP contribution >= 0.6 is 0 Å². The summed E-state index contributed by atoms with van der Waals surface area (Å²) < 4.78 is 11.8. The minimum absolute atomic E-state index is 0.0412. The minimum Gasteiger partial charge on any atom is -0.444 e. The van der Waals surface area contributed by atoms with E-state index in [0.717, 1.165) is 0 Å². The van der Waals surface area contributed by atoms with Crippen LogP contribution in [0.5, 0.6) is 0 Å². The lowest BCUT2D eigenvalue weighted by Gasteiger charge is -2.41. The number of carbonyl (C=O) groups excluding carboxylic acids is 1. The number of benzene rings is 1. The van der Waals surface area contributed by atoms with Crippen LogP contribution in [-0.4, -0.2) is 42.7 Å². The second-order valence-corrected chi connectivity index (χ2v) is 14.3. The molecule has 9 heteroatoms. The van der Waals surface area contributed by atoms with Crippen LogP contribution in [0, 0.1) is 10.1 Å². The molecule has 8 nitrogen and oxygen atoms in total. The molecular formula is C20H34N2O6Si. The van der Waals surface area contributed by atoms with Gasteiger partial charge in [0.05, 0.1) is 23.7 Å². The molecule has 2 atom stereocenters. The Hall–Kier alpha value is -1.97. The quantitative estimate of drug-likeness (QED) is 0.376. The van der Waals surface area contributed by atoms with Crippen molar-refractivity contribution < 1.29 is 24.0 Å². The molecule has 0 aliphatic heterocycles. The molecule has 0 saturated carbocycles. The normalized spacial score (nSPS) is 14.8. The van der Waals surface area contributed by atoms with E-state index < -0.39 is 37.1 Å². The monoisotopic (exact) mass is 426 g/mol. The maximum absolute atomic E-state index is 12.3. The summed E-state index contributed by atoms with van der Waals surface area (Å²) >= 11 is 0. The number of nitrogens with one attached hydrogen (secondary N) is 1. The smallest absolute Gasteiger partial charge is 0.408 e. The summed E-state index contributed by atoms with van der Waals surface area (Å²) in [4.78, 5) is 22.8. The number of hydrogen-bond donors (Lipinski definition) is 2. The molecule has 0 aromatic heterocycles. The third-order valence-corrected chi connectivity index (χ3v) is 9.38. The molecule has 0 aliphatic rings. The van der Waals surface area contributed by atoms with E-state index in [1.54, 1.807) is 32.9 Å². The van der Waals surface area contributed by atoms with Crippen LogP contribution in [0.25, 0.3) is 0 Å². The van der Waals surface area contributed by atoms with E-state index in [-0.39, 0.29) is 17.3 Å². The number of alkyl carbamates (subject to hydrolysis) is 1. The van der Waals surface area contributed by atoms with Gasteiger partial charge in [0.25, 0.3) is 5.69 Å². The first kappa shape index (κ1) is 25.1. The fraction of sp³-hybridized carbons (Fsp3) is 0.650. The number of aliphatic hydroxyl groups excluding tert-OH is 1. The Morgan fingerprint density at radius 3 is 2.07 bits per heavy atom.